The molecule has 0 saturated carbocycles. The van der Waals surface area contributed by atoms with E-state index in [1.807, 2.05) is 45.2 Å². The number of likely N-dealkylation sites (N-methyl/N-ethyl adjacent to an activating group) is 1. The van der Waals surface area contributed by atoms with Crippen molar-refractivity contribution < 1.29 is 9.47 Å². The number of ether oxygens (including phenoxy) is 2. The summed E-state index contributed by atoms with van der Waals surface area (Å²) in [5, 5.41) is 16.6. The van der Waals surface area contributed by atoms with Crippen LogP contribution in [0.15, 0.2) is 30.9 Å². The van der Waals surface area contributed by atoms with Gasteiger partial charge in [0.2, 0.25) is 5.69 Å². The van der Waals surface area contributed by atoms with E-state index < -0.39 is 0 Å². The third-order valence-corrected chi connectivity index (χ3v) is 4.14. The summed E-state index contributed by atoms with van der Waals surface area (Å²) in [6.45, 7) is 2.59. The highest BCUT2D eigenvalue weighted by Crippen LogP contribution is 2.31. The van der Waals surface area contributed by atoms with E-state index in [9.17, 15) is 5.26 Å². The summed E-state index contributed by atoms with van der Waals surface area (Å²) in [6.07, 6.45) is 6.64. The molecule has 30 heavy (non-hydrogen) atoms. The summed E-state index contributed by atoms with van der Waals surface area (Å²) in [5.74, 6) is 1.74. The van der Waals surface area contributed by atoms with Crippen molar-refractivity contribution in [3.05, 3.63) is 36.5 Å². The van der Waals surface area contributed by atoms with Crippen LogP contribution in [0.5, 0.6) is 11.6 Å². The summed E-state index contributed by atoms with van der Waals surface area (Å²) < 4.78 is 13.0. The lowest BCUT2D eigenvalue weighted by Gasteiger charge is -2.18. The first-order chi connectivity index (χ1) is 14.4. The predicted molar refractivity (Wildman–Crippen MR) is 112 cm³/mol. The second-order valence-electron chi connectivity index (χ2n) is 7.01. The molecule has 1 N–H and O–H groups in total. The van der Waals surface area contributed by atoms with E-state index in [-0.39, 0.29) is 17.7 Å². The lowest BCUT2D eigenvalue weighted by Crippen LogP contribution is -2.28. The molecule has 0 fully saturated rings. The van der Waals surface area contributed by atoms with Gasteiger partial charge in [-0.05, 0) is 21.0 Å². The molecule has 0 spiro atoms. The highest BCUT2D eigenvalue weighted by molar-refractivity contribution is 5.71. The first kappa shape index (κ1) is 21.0. The molecule has 0 aliphatic rings. The minimum Gasteiger partial charge on any atom is -0.496 e. The van der Waals surface area contributed by atoms with E-state index >= 15 is 0 Å². The maximum atomic E-state index is 9.30. The molecule has 0 bridgehead atoms. The molecule has 3 rings (SSSR count). The van der Waals surface area contributed by atoms with Crippen molar-refractivity contribution in [1.29, 1.82) is 5.26 Å². The van der Waals surface area contributed by atoms with Gasteiger partial charge in [0.1, 0.15) is 23.7 Å². The van der Waals surface area contributed by atoms with Crippen LogP contribution in [0.3, 0.4) is 0 Å². The lowest BCUT2D eigenvalue weighted by atomic mass is 10.1. The number of anilines is 2. The molecule has 3 aromatic rings. The van der Waals surface area contributed by atoms with Gasteiger partial charge in [0.15, 0.2) is 5.82 Å². The summed E-state index contributed by atoms with van der Waals surface area (Å²) in [6, 6.07) is 3.77. The van der Waals surface area contributed by atoms with Gasteiger partial charge in [0.05, 0.1) is 19.5 Å². The van der Waals surface area contributed by atoms with Crippen molar-refractivity contribution in [2.75, 3.05) is 33.1 Å². The highest BCUT2D eigenvalue weighted by Gasteiger charge is 2.15. The molecule has 0 radical (unpaired) electrons. The van der Waals surface area contributed by atoms with E-state index in [1.165, 1.54) is 6.20 Å². The topological polar surface area (TPSA) is 114 Å². The zero-order chi connectivity index (χ0) is 21.7. The number of aromatic nitrogens is 5. The monoisotopic (exact) mass is 408 g/mol. The van der Waals surface area contributed by atoms with Crippen molar-refractivity contribution in [2.45, 2.75) is 13.0 Å². The number of pyridine rings is 1. The van der Waals surface area contributed by atoms with Gasteiger partial charge in [-0.2, -0.15) is 15.3 Å². The van der Waals surface area contributed by atoms with Crippen LogP contribution in [-0.4, -0.2) is 63.5 Å². The number of nitrogens with one attached hydrogen (secondary N) is 1. The molecule has 0 amide bonds. The van der Waals surface area contributed by atoms with E-state index in [2.05, 4.69) is 25.4 Å². The van der Waals surface area contributed by atoms with Gasteiger partial charge >= 0.3 is 0 Å². The molecule has 0 unspecified atom stereocenters. The molecule has 156 valence electrons. The summed E-state index contributed by atoms with van der Waals surface area (Å²) in [4.78, 5) is 15.0. The number of rotatable bonds is 8. The molecular weight excluding hydrogens is 384 g/mol. The number of methoxy groups -OCH3 is 1. The van der Waals surface area contributed by atoms with Gasteiger partial charge in [-0.3, -0.25) is 4.68 Å². The molecule has 3 heterocycles. The minimum absolute atomic E-state index is 0.128. The molecule has 1 atom stereocenters. The van der Waals surface area contributed by atoms with Crippen LogP contribution < -0.4 is 14.8 Å². The van der Waals surface area contributed by atoms with Gasteiger partial charge < -0.3 is 19.7 Å². The standard InChI is InChI=1S/C20H24N8O2/c1-13(11-27(2)3)30-20-16(7-21)22-10-19(26-20)25-18-6-17(29-5)15(9-23-18)14-8-24-28(4)12-14/h6,8-10,12-13H,11H2,1-5H3,(H,23,25,26)/t13-/m0/s1. The third-order valence-electron chi connectivity index (χ3n) is 4.14. The number of nitriles is 1. The van der Waals surface area contributed by atoms with Crippen LogP contribution in [0.4, 0.5) is 11.6 Å². The Morgan fingerprint density at radius 2 is 2.03 bits per heavy atom. The highest BCUT2D eigenvalue weighted by atomic mass is 16.5. The zero-order valence-corrected chi connectivity index (χ0v) is 17.6. The van der Waals surface area contributed by atoms with Crippen LogP contribution in [0.2, 0.25) is 0 Å². The van der Waals surface area contributed by atoms with Crippen molar-refractivity contribution in [3.63, 3.8) is 0 Å². The smallest absolute Gasteiger partial charge is 0.253 e. The Morgan fingerprint density at radius 3 is 2.67 bits per heavy atom. The maximum Gasteiger partial charge on any atom is 0.253 e. The minimum atomic E-state index is -0.159. The van der Waals surface area contributed by atoms with Gasteiger partial charge in [0.25, 0.3) is 5.88 Å². The van der Waals surface area contributed by atoms with Gasteiger partial charge in [-0.25, -0.2) is 9.97 Å². The van der Waals surface area contributed by atoms with Crippen molar-refractivity contribution >= 4 is 11.6 Å². The van der Waals surface area contributed by atoms with Crippen LogP contribution >= 0.6 is 0 Å². The SMILES string of the molecule is COc1cc(Nc2cnc(C#N)c(O[C@@H](C)CN(C)C)n2)ncc1-c1cnn(C)c1. The van der Waals surface area contributed by atoms with Crippen LogP contribution in [0.25, 0.3) is 11.1 Å². The first-order valence-electron chi connectivity index (χ1n) is 9.28. The fourth-order valence-electron chi connectivity index (χ4n) is 2.92. The number of nitrogens with zero attached hydrogens (tertiary/aromatic N) is 7. The maximum absolute atomic E-state index is 9.30. The van der Waals surface area contributed by atoms with E-state index in [0.29, 0.717) is 23.9 Å². The summed E-state index contributed by atoms with van der Waals surface area (Å²) >= 11 is 0. The fourth-order valence-corrected chi connectivity index (χ4v) is 2.92. The second-order valence-corrected chi connectivity index (χ2v) is 7.01. The van der Waals surface area contributed by atoms with E-state index in [4.69, 9.17) is 9.47 Å². The van der Waals surface area contributed by atoms with Crippen LogP contribution in [-0.2, 0) is 7.05 Å². The number of aryl methyl sites for hydroxylation is 1. The van der Waals surface area contributed by atoms with Crippen molar-refractivity contribution in [2.24, 2.45) is 7.05 Å². The quantitative estimate of drug-likeness (QED) is 0.599. The van der Waals surface area contributed by atoms with E-state index in [0.717, 1.165) is 11.1 Å². The third kappa shape index (κ3) is 5.01. The molecular formula is C20H24N8O2. The van der Waals surface area contributed by atoms with Crippen LogP contribution in [0, 0.1) is 11.3 Å². The average molecular weight is 408 g/mol. The molecule has 10 heteroatoms. The number of hydrogen-bond acceptors (Lipinski definition) is 9. The molecule has 0 saturated heterocycles. The Balaban J connectivity index is 1.83. The van der Waals surface area contributed by atoms with Gasteiger partial charge in [-0.1, -0.05) is 0 Å². The summed E-state index contributed by atoms with van der Waals surface area (Å²) in [7, 11) is 7.34. The van der Waals surface area contributed by atoms with Crippen molar-refractivity contribution in [1.82, 2.24) is 29.6 Å². The normalized spacial score (nSPS) is 11.8. The van der Waals surface area contributed by atoms with E-state index in [1.54, 1.807) is 30.3 Å². The Bertz CT molecular complexity index is 1060. The number of hydrogen-bond donors (Lipinski definition) is 1. The van der Waals surface area contributed by atoms with Gasteiger partial charge in [-0.15, -0.1) is 0 Å². The Hall–Kier alpha value is -3.71. The largest absolute Gasteiger partial charge is 0.496 e. The molecule has 0 aliphatic heterocycles. The average Bonchev–Trinajstić information content (AvgIpc) is 3.13. The van der Waals surface area contributed by atoms with Gasteiger partial charge in [0, 0.05) is 43.2 Å². The van der Waals surface area contributed by atoms with Crippen molar-refractivity contribution in [3.8, 4) is 28.8 Å². The summed E-state index contributed by atoms with van der Waals surface area (Å²) in [5.41, 5.74) is 1.85. The second kappa shape index (κ2) is 9.19. The Labute approximate surface area is 175 Å². The molecule has 0 aliphatic carbocycles. The lowest BCUT2D eigenvalue weighted by molar-refractivity contribution is 0.169. The fraction of sp³-hybridized carbons (Fsp3) is 0.350. The Morgan fingerprint density at radius 1 is 1.23 bits per heavy atom. The zero-order valence-electron chi connectivity index (χ0n) is 17.6. The first-order valence-corrected chi connectivity index (χ1v) is 9.28. The molecule has 10 nitrogen and oxygen atoms in total. The Kier molecular flexibility index (Phi) is 6.44. The molecule has 3 aromatic heterocycles. The molecule has 0 aromatic carbocycles. The predicted octanol–water partition coefficient (Wildman–Crippen LogP) is 2.22. The van der Waals surface area contributed by atoms with Crippen LogP contribution in [0.1, 0.15) is 12.6 Å².